The maximum absolute atomic E-state index is 15.6. The Labute approximate surface area is 222 Å². The Morgan fingerprint density at radius 2 is 2.00 bits per heavy atom. The number of likely N-dealkylation sites (N-methyl/N-ethyl adjacent to an activating group) is 1. The number of nitrogens with zero attached hydrogens (tertiary/aromatic N) is 1. The van der Waals surface area contributed by atoms with Gasteiger partial charge in [0.05, 0.1) is 10.6 Å². The molecule has 0 bridgehead atoms. The van der Waals surface area contributed by atoms with Crippen LogP contribution in [0, 0.1) is 17.7 Å². The van der Waals surface area contributed by atoms with Crippen LogP contribution in [0.1, 0.15) is 83.1 Å². The number of hydrogen-bond donors (Lipinski definition) is 2. The van der Waals surface area contributed by atoms with Gasteiger partial charge in [-0.1, -0.05) is 55.8 Å². The van der Waals surface area contributed by atoms with E-state index in [0.29, 0.717) is 24.6 Å². The number of likely N-dealkylation sites (tertiary alicyclic amines) is 1. The maximum atomic E-state index is 15.6. The van der Waals surface area contributed by atoms with E-state index < -0.39 is 11.4 Å². The zero-order chi connectivity index (χ0) is 26.0. The summed E-state index contributed by atoms with van der Waals surface area (Å²) in [6.45, 7) is 5.04. The molecule has 3 rings (SSSR count). The van der Waals surface area contributed by atoms with Gasteiger partial charge in [0.15, 0.2) is 0 Å². The van der Waals surface area contributed by atoms with Gasteiger partial charge in [-0.3, -0.25) is 9.69 Å². The first-order valence-electron chi connectivity index (χ1n) is 14.0. The highest BCUT2D eigenvalue weighted by atomic mass is 35.5. The smallest absolute Gasteiger partial charge is 0.217 e. The molecule has 1 amide bonds. The molecule has 3 atom stereocenters. The number of carbonyl (C=O) groups excluding carboxylic acids is 1. The summed E-state index contributed by atoms with van der Waals surface area (Å²) in [7, 11) is 3.74. The third-order valence-electron chi connectivity index (χ3n) is 8.44. The van der Waals surface area contributed by atoms with Gasteiger partial charge in [-0.25, -0.2) is 4.39 Å². The molecule has 1 aromatic carbocycles. The molecule has 0 radical (unpaired) electrons. The Kier molecular flexibility index (Phi) is 11.9. The highest BCUT2D eigenvalue weighted by molar-refractivity contribution is 6.30. The minimum absolute atomic E-state index is 0.0939. The second-order valence-corrected chi connectivity index (χ2v) is 11.4. The standard InChI is InChI=1S/C29H47ClFN3O2/c1-22(35)33-29(16-7-8-18-36-3,26-14-9-15-27(30)28(26)31)24-13-10-17-34(21-24)25(20-32-2)19-23-11-5-4-6-12-23/h9,14-15,23-25,32H,4-8,10-13,16-21H2,1-3H3,(H,33,35)/t24-,25?,29-/m1/s1. The monoisotopic (exact) mass is 523 g/mol. The zero-order valence-corrected chi connectivity index (χ0v) is 23.3. The van der Waals surface area contributed by atoms with E-state index >= 15 is 4.39 Å². The highest BCUT2D eigenvalue weighted by Gasteiger charge is 2.45. The predicted octanol–water partition coefficient (Wildman–Crippen LogP) is 5.90. The van der Waals surface area contributed by atoms with Crippen molar-refractivity contribution in [2.45, 2.75) is 89.1 Å². The van der Waals surface area contributed by atoms with Gasteiger partial charge in [-0.2, -0.15) is 0 Å². The third-order valence-corrected chi connectivity index (χ3v) is 8.73. The fraction of sp³-hybridized carbons (Fsp3) is 0.759. The summed E-state index contributed by atoms with van der Waals surface area (Å²) in [5.74, 6) is 0.339. The lowest BCUT2D eigenvalue weighted by atomic mass is 9.70. The lowest BCUT2D eigenvalue weighted by Crippen LogP contribution is -2.58. The van der Waals surface area contributed by atoms with Gasteiger partial charge in [-0.15, -0.1) is 0 Å². The van der Waals surface area contributed by atoms with Crippen LogP contribution >= 0.6 is 11.6 Å². The van der Waals surface area contributed by atoms with Crippen LogP contribution in [-0.2, 0) is 15.1 Å². The van der Waals surface area contributed by atoms with Crippen molar-refractivity contribution in [1.82, 2.24) is 15.5 Å². The van der Waals surface area contributed by atoms with E-state index in [0.717, 1.165) is 51.2 Å². The van der Waals surface area contributed by atoms with E-state index in [1.54, 1.807) is 26.2 Å². The van der Waals surface area contributed by atoms with Gasteiger partial charge in [-0.05, 0) is 70.0 Å². The van der Waals surface area contributed by atoms with Gasteiger partial charge < -0.3 is 15.4 Å². The third kappa shape index (κ3) is 7.66. The first-order valence-corrected chi connectivity index (χ1v) is 14.4. The number of amides is 1. The summed E-state index contributed by atoms with van der Waals surface area (Å²) in [5, 5.41) is 6.82. The van der Waals surface area contributed by atoms with Gasteiger partial charge in [0.2, 0.25) is 5.91 Å². The molecule has 204 valence electrons. The minimum Gasteiger partial charge on any atom is -0.385 e. The quantitative estimate of drug-likeness (QED) is 0.316. The first-order chi connectivity index (χ1) is 17.4. The Hall–Kier alpha value is -1.21. The largest absolute Gasteiger partial charge is 0.385 e. The van der Waals surface area contributed by atoms with Crippen molar-refractivity contribution in [2.24, 2.45) is 11.8 Å². The van der Waals surface area contributed by atoms with Gasteiger partial charge in [0.1, 0.15) is 5.82 Å². The lowest BCUT2D eigenvalue weighted by molar-refractivity contribution is -0.122. The second kappa shape index (κ2) is 14.7. The topological polar surface area (TPSA) is 53.6 Å². The minimum atomic E-state index is -0.803. The number of benzene rings is 1. The molecule has 1 aromatic rings. The van der Waals surface area contributed by atoms with Crippen molar-refractivity contribution in [3.8, 4) is 0 Å². The SMILES string of the molecule is CNCC(CC1CCCCC1)N1CCC[C@@H]([C@@](CCCCOC)(NC(C)=O)c2cccc(Cl)c2F)C1. The van der Waals surface area contributed by atoms with E-state index in [9.17, 15) is 4.79 Å². The van der Waals surface area contributed by atoms with Crippen LogP contribution in [0.25, 0.3) is 0 Å². The molecule has 0 spiro atoms. The zero-order valence-electron chi connectivity index (χ0n) is 22.6. The molecule has 36 heavy (non-hydrogen) atoms. The summed E-state index contributed by atoms with van der Waals surface area (Å²) in [6.07, 6.45) is 12.3. The van der Waals surface area contributed by atoms with Crippen molar-refractivity contribution in [3.05, 3.63) is 34.6 Å². The van der Waals surface area contributed by atoms with Gasteiger partial charge in [0, 0.05) is 45.3 Å². The molecule has 1 aliphatic carbocycles. The van der Waals surface area contributed by atoms with Crippen LogP contribution in [-0.4, -0.2) is 57.2 Å². The van der Waals surface area contributed by atoms with Crippen LogP contribution < -0.4 is 10.6 Å². The fourth-order valence-electron chi connectivity index (χ4n) is 6.75. The maximum Gasteiger partial charge on any atom is 0.217 e. The van der Waals surface area contributed by atoms with Crippen LogP contribution in [0.4, 0.5) is 4.39 Å². The van der Waals surface area contributed by atoms with Crippen LogP contribution in [0.15, 0.2) is 18.2 Å². The van der Waals surface area contributed by atoms with E-state index in [4.69, 9.17) is 16.3 Å². The highest BCUT2D eigenvalue weighted by Crippen LogP contribution is 2.43. The number of rotatable bonds is 13. The summed E-state index contributed by atoms with van der Waals surface area (Å²) < 4.78 is 20.9. The molecule has 2 fully saturated rings. The fourth-order valence-corrected chi connectivity index (χ4v) is 6.92. The molecule has 7 heteroatoms. The van der Waals surface area contributed by atoms with Crippen LogP contribution in [0.3, 0.4) is 0 Å². The van der Waals surface area contributed by atoms with Crippen molar-refractivity contribution < 1.29 is 13.9 Å². The summed E-state index contributed by atoms with van der Waals surface area (Å²) >= 11 is 6.28. The van der Waals surface area contributed by atoms with Gasteiger partial charge in [0.25, 0.3) is 0 Å². The average Bonchev–Trinajstić information content (AvgIpc) is 2.88. The number of carbonyl (C=O) groups is 1. The molecule has 1 saturated carbocycles. The average molecular weight is 524 g/mol. The van der Waals surface area contributed by atoms with E-state index in [1.807, 2.05) is 13.1 Å². The summed E-state index contributed by atoms with van der Waals surface area (Å²) in [6, 6.07) is 5.66. The van der Waals surface area contributed by atoms with Crippen molar-refractivity contribution >= 4 is 17.5 Å². The summed E-state index contributed by atoms with van der Waals surface area (Å²) in [5.41, 5.74) is -0.283. The molecule has 2 aliphatic rings. The Balaban J connectivity index is 1.92. The Bertz CT molecular complexity index is 820. The van der Waals surface area contributed by atoms with Crippen molar-refractivity contribution in [3.63, 3.8) is 0 Å². The number of halogens is 2. The number of nitrogens with one attached hydrogen (secondary N) is 2. The molecular formula is C29H47ClFN3O2. The number of hydrogen-bond acceptors (Lipinski definition) is 4. The van der Waals surface area contributed by atoms with E-state index in [-0.39, 0.29) is 16.8 Å². The second-order valence-electron chi connectivity index (χ2n) is 11.0. The van der Waals surface area contributed by atoms with E-state index in [1.165, 1.54) is 38.5 Å². The number of unbranched alkanes of at least 4 members (excludes halogenated alkanes) is 1. The van der Waals surface area contributed by atoms with E-state index in [2.05, 4.69) is 15.5 Å². The normalized spacial score (nSPS) is 22.2. The predicted molar refractivity (Wildman–Crippen MR) is 146 cm³/mol. The molecule has 1 saturated heterocycles. The first kappa shape index (κ1) is 29.3. The molecule has 5 nitrogen and oxygen atoms in total. The Morgan fingerprint density at radius 3 is 2.69 bits per heavy atom. The molecular weight excluding hydrogens is 477 g/mol. The van der Waals surface area contributed by atoms with Crippen LogP contribution in [0.5, 0.6) is 0 Å². The van der Waals surface area contributed by atoms with Crippen molar-refractivity contribution in [2.75, 3.05) is 40.4 Å². The number of methoxy groups -OCH3 is 1. The van der Waals surface area contributed by atoms with Gasteiger partial charge >= 0.3 is 0 Å². The molecule has 1 unspecified atom stereocenters. The number of piperidine rings is 1. The summed E-state index contributed by atoms with van der Waals surface area (Å²) in [4.78, 5) is 15.2. The molecule has 1 aliphatic heterocycles. The Morgan fingerprint density at radius 1 is 1.22 bits per heavy atom. The number of ether oxygens (including phenoxy) is 1. The van der Waals surface area contributed by atoms with Crippen LogP contribution in [0.2, 0.25) is 5.02 Å². The molecule has 2 N–H and O–H groups in total. The molecule has 1 heterocycles. The van der Waals surface area contributed by atoms with Crippen molar-refractivity contribution in [1.29, 1.82) is 0 Å². The molecule has 0 aromatic heterocycles. The lowest BCUT2D eigenvalue weighted by Gasteiger charge is -2.48.